The Morgan fingerprint density at radius 1 is 1.29 bits per heavy atom. The van der Waals surface area contributed by atoms with E-state index in [1.165, 1.54) is 12.1 Å². The highest BCUT2D eigenvalue weighted by molar-refractivity contribution is 6.30. The summed E-state index contributed by atoms with van der Waals surface area (Å²) in [4.78, 5) is 13.9. The normalized spacial score (nSPS) is 16.0. The number of amides is 1. The lowest BCUT2D eigenvalue weighted by Gasteiger charge is -2.26. The lowest BCUT2D eigenvalue weighted by molar-refractivity contribution is -0.137. The van der Waals surface area contributed by atoms with Crippen molar-refractivity contribution in [2.24, 2.45) is 0 Å². The van der Waals surface area contributed by atoms with E-state index in [0.29, 0.717) is 26.3 Å². The molecule has 1 fully saturated rings. The Labute approximate surface area is 143 Å². The molecule has 0 radical (unpaired) electrons. The van der Waals surface area contributed by atoms with E-state index in [1.807, 2.05) is 0 Å². The fraction of sp³-hybridized carbons (Fsp3) is 0.533. The topological polar surface area (TPSA) is 53.6 Å². The van der Waals surface area contributed by atoms with Crippen LogP contribution in [-0.2, 0) is 15.7 Å². The molecule has 0 aliphatic carbocycles. The van der Waals surface area contributed by atoms with Gasteiger partial charge in [0.15, 0.2) is 0 Å². The van der Waals surface area contributed by atoms with Gasteiger partial charge in [0.1, 0.15) is 0 Å². The van der Waals surface area contributed by atoms with Crippen molar-refractivity contribution in [2.75, 3.05) is 51.3 Å². The minimum absolute atomic E-state index is 0.0113. The molecule has 0 spiro atoms. The van der Waals surface area contributed by atoms with E-state index >= 15 is 0 Å². The number of benzene rings is 1. The first-order chi connectivity index (χ1) is 11.4. The number of morpholine rings is 1. The number of anilines is 1. The zero-order valence-corrected chi connectivity index (χ0v) is 13.7. The highest BCUT2D eigenvalue weighted by atomic mass is 35.5. The van der Waals surface area contributed by atoms with Crippen LogP contribution in [0, 0.1) is 0 Å². The summed E-state index contributed by atoms with van der Waals surface area (Å²) in [6.45, 7) is 3.85. The van der Waals surface area contributed by atoms with Crippen LogP contribution >= 0.6 is 11.6 Å². The quantitative estimate of drug-likeness (QED) is 0.811. The molecule has 1 aliphatic rings. The highest BCUT2D eigenvalue weighted by Crippen LogP contribution is 2.36. The van der Waals surface area contributed by atoms with Crippen LogP contribution in [0.3, 0.4) is 0 Å². The number of nitrogens with one attached hydrogen (secondary N) is 2. The van der Waals surface area contributed by atoms with E-state index in [1.54, 1.807) is 0 Å². The monoisotopic (exact) mass is 365 g/mol. The molecule has 0 unspecified atom stereocenters. The largest absolute Gasteiger partial charge is 0.418 e. The minimum atomic E-state index is -4.54. The molecule has 5 nitrogen and oxygen atoms in total. The smallest absolute Gasteiger partial charge is 0.379 e. The molecule has 24 heavy (non-hydrogen) atoms. The van der Waals surface area contributed by atoms with E-state index in [-0.39, 0.29) is 23.2 Å². The first-order valence-electron chi connectivity index (χ1n) is 7.53. The van der Waals surface area contributed by atoms with Crippen molar-refractivity contribution in [1.82, 2.24) is 10.2 Å². The van der Waals surface area contributed by atoms with Crippen molar-refractivity contribution in [2.45, 2.75) is 6.18 Å². The van der Waals surface area contributed by atoms with E-state index in [0.717, 1.165) is 19.2 Å². The number of ether oxygens (including phenoxy) is 1. The van der Waals surface area contributed by atoms with Gasteiger partial charge in [-0.1, -0.05) is 11.6 Å². The van der Waals surface area contributed by atoms with Crippen molar-refractivity contribution < 1.29 is 22.7 Å². The molecule has 1 heterocycles. The van der Waals surface area contributed by atoms with Crippen molar-refractivity contribution in [3.8, 4) is 0 Å². The van der Waals surface area contributed by atoms with E-state index in [2.05, 4.69) is 15.5 Å². The van der Waals surface area contributed by atoms with Crippen LogP contribution < -0.4 is 10.6 Å². The molecular weight excluding hydrogens is 347 g/mol. The Morgan fingerprint density at radius 3 is 2.67 bits per heavy atom. The van der Waals surface area contributed by atoms with Crippen LogP contribution in [0.25, 0.3) is 0 Å². The fourth-order valence-corrected chi connectivity index (χ4v) is 2.49. The second-order valence-electron chi connectivity index (χ2n) is 5.35. The summed E-state index contributed by atoms with van der Waals surface area (Å²) in [7, 11) is 0. The molecule has 2 N–H and O–H groups in total. The first kappa shape index (κ1) is 18.8. The fourth-order valence-electron chi connectivity index (χ4n) is 2.32. The molecule has 1 aromatic carbocycles. The minimum Gasteiger partial charge on any atom is -0.379 e. The van der Waals surface area contributed by atoms with Gasteiger partial charge in [-0.15, -0.1) is 0 Å². The van der Waals surface area contributed by atoms with E-state index < -0.39 is 11.7 Å². The summed E-state index contributed by atoms with van der Waals surface area (Å²) in [5.41, 5.74) is -1.06. The van der Waals surface area contributed by atoms with Crippen molar-refractivity contribution in [3.63, 3.8) is 0 Å². The van der Waals surface area contributed by atoms with Gasteiger partial charge >= 0.3 is 6.18 Å². The zero-order chi connectivity index (χ0) is 17.6. The van der Waals surface area contributed by atoms with Gasteiger partial charge < -0.3 is 15.4 Å². The number of halogens is 4. The first-order valence-corrected chi connectivity index (χ1v) is 7.91. The second-order valence-corrected chi connectivity index (χ2v) is 5.78. The maximum absolute atomic E-state index is 12.9. The third-order valence-electron chi connectivity index (χ3n) is 3.58. The lowest BCUT2D eigenvalue weighted by atomic mass is 10.1. The van der Waals surface area contributed by atoms with Crippen LogP contribution in [0.5, 0.6) is 0 Å². The van der Waals surface area contributed by atoms with Crippen molar-refractivity contribution in [1.29, 1.82) is 0 Å². The van der Waals surface area contributed by atoms with Gasteiger partial charge in [0.05, 0.1) is 25.3 Å². The van der Waals surface area contributed by atoms with E-state index in [4.69, 9.17) is 16.3 Å². The van der Waals surface area contributed by atoms with Crippen molar-refractivity contribution >= 4 is 23.2 Å². The van der Waals surface area contributed by atoms with Gasteiger partial charge in [0, 0.05) is 36.9 Å². The predicted octanol–water partition coefficient (Wildman–Crippen LogP) is 2.22. The van der Waals surface area contributed by atoms with Gasteiger partial charge in [0.2, 0.25) is 5.91 Å². The van der Waals surface area contributed by atoms with Gasteiger partial charge in [-0.3, -0.25) is 9.69 Å². The summed E-state index contributed by atoms with van der Waals surface area (Å²) in [5.74, 6) is -0.369. The predicted molar refractivity (Wildman–Crippen MR) is 85.2 cm³/mol. The number of nitrogens with zero attached hydrogens (tertiary/aromatic N) is 1. The molecule has 1 aliphatic heterocycles. The summed E-state index contributed by atoms with van der Waals surface area (Å²) in [5, 5.41) is 5.18. The maximum Gasteiger partial charge on any atom is 0.418 e. The summed E-state index contributed by atoms with van der Waals surface area (Å²) in [6.07, 6.45) is -4.54. The molecule has 1 aromatic rings. The van der Waals surface area contributed by atoms with Crippen LogP contribution in [0.2, 0.25) is 5.02 Å². The van der Waals surface area contributed by atoms with Gasteiger partial charge in [-0.25, -0.2) is 0 Å². The van der Waals surface area contributed by atoms with Crippen LogP contribution in [-0.4, -0.2) is 56.7 Å². The van der Waals surface area contributed by atoms with Crippen LogP contribution in [0.15, 0.2) is 18.2 Å². The molecule has 0 saturated carbocycles. The Bertz CT molecular complexity index is 563. The molecule has 1 saturated heterocycles. The number of hydrogen-bond donors (Lipinski definition) is 2. The molecular formula is C15H19ClF3N3O2. The Balaban J connectivity index is 1.79. The number of hydrogen-bond acceptors (Lipinski definition) is 4. The molecule has 9 heteroatoms. The number of carbonyl (C=O) groups excluding carboxylic acids is 1. The SMILES string of the molecule is O=C(CNc1ccc(Cl)cc1C(F)(F)F)NCCN1CCOCC1. The van der Waals surface area contributed by atoms with Gasteiger partial charge in [-0.2, -0.15) is 13.2 Å². The molecule has 0 bridgehead atoms. The number of rotatable bonds is 6. The number of alkyl halides is 3. The highest BCUT2D eigenvalue weighted by Gasteiger charge is 2.33. The van der Waals surface area contributed by atoms with Crippen molar-refractivity contribution in [3.05, 3.63) is 28.8 Å². The summed E-state index contributed by atoms with van der Waals surface area (Å²) >= 11 is 5.61. The lowest BCUT2D eigenvalue weighted by Crippen LogP contribution is -2.42. The Kier molecular flexibility index (Phi) is 6.70. The average molecular weight is 366 g/mol. The van der Waals surface area contributed by atoms with E-state index in [9.17, 15) is 18.0 Å². The molecule has 134 valence electrons. The molecule has 0 atom stereocenters. The van der Waals surface area contributed by atoms with Crippen LogP contribution in [0.4, 0.5) is 18.9 Å². The Morgan fingerprint density at radius 2 is 2.00 bits per heavy atom. The molecule has 0 aromatic heterocycles. The Hall–Kier alpha value is -1.51. The third-order valence-corrected chi connectivity index (χ3v) is 3.82. The summed E-state index contributed by atoms with van der Waals surface area (Å²) in [6, 6.07) is 3.39. The molecule has 1 amide bonds. The average Bonchev–Trinajstić information content (AvgIpc) is 2.54. The summed E-state index contributed by atoms with van der Waals surface area (Å²) < 4.78 is 44.1. The standard InChI is InChI=1S/C15H19ClF3N3O2/c16-11-1-2-13(12(9-11)15(17,18)19)21-10-14(23)20-3-4-22-5-7-24-8-6-22/h1-2,9,21H,3-8,10H2,(H,20,23). The zero-order valence-electron chi connectivity index (χ0n) is 13.0. The maximum atomic E-state index is 12.9. The van der Waals surface area contributed by atoms with Gasteiger partial charge in [-0.05, 0) is 18.2 Å². The van der Waals surface area contributed by atoms with Gasteiger partial charge in [0.25, 0.3) is 0 Å². The number of carbonyl (C=O) groups is 1. The second kappa shape index (κ2) is 8.55. The molecule has 2 rings (SSSR count). The van der Waals surface area contributed by atoms with Crippen LogP contribution in [0.1, 0.15) is 5.56 Å². The third kappa shape index (κ3) is 5.85.